The fourth-order valence-corrected chi connectivity index (χ4v) is 2.15. The van der Waals surface area contributed by atoms with Gasteiger partial charge in [-0.1, -0.05) is 45.4 Å². The van der Waals surface area contributed by atoms with Crippen LogP contribution in [0.25, 0.3) is 0 Å². The number of carbonyl (C=O) groups is 3. The Labute approximate surface area is 127 Å². The zero-order valence-electron chi connectivity index (χ0n) is 13.5. The van der Waals surface area contributed by atoms with E-state index >= 15 is 0 Å². The summed E-state index contributed by atoms with van der Waals surface area (Å²) in [5.74, 6) is -2.49. The summed E-state index contributed by atoms with van der Waals surface area (Å²) in [6.07, 6.45) is 7.79. The van der Waals surface area contributed by atoms with Crippen LogP contribution in [0.5, 0.6) is 0 Å². The maximum atomic E-state index is 12.0. The van der Waals surface area contributed by atoms with Gasteiger partial charge in [-0.25, -0.2) is 0 Å². The summed E-state index contributed by atoms with van der Waals surface area (Å²) in [5.41, 5.74) is 0. The van der Waals surface area contributed by atoms with E-state index in [1.807, 2.05) is 0 Å². The Kier molecular flexibility index (Phi) is 11.5. The second-order valence-corrected chi connectivity index (χ2v) is 5.19. The maximum absolute atomic E-state index is 12.0. The first-order valence-electron chi connectivity index (χ1n) is 7.74. The first-order chi connectivity index (χ1) is 10.1. The van der Waals surface area contributed by atoms with Gasteiger partial charge in [-0.05, 0) is 6.42 Å². The van der Waals surface area contributed by atoms with Gasteiger partial charge in [0.05, 0.1) is 20.6 Å². The summed E-state index contributed by atoms with van der Waals surface area (Å²) in [4.78, 5) is 34.8. The summed E-state index contributed by atoms with van der Waals surface area (Å²) in [6, 6.07) is 0. The van der Waals surface area contributed by atoms with Gasteiger partial charge in [0.1, 0.15) is 11.7 Å². The number of ether oxygens (including phenoxy) is 2. The number of hydrogen-bond acceptors (Lipinski definition) is 5. The Morgan fingerprint density at radius 2 is 1.43 bits per heavy atom. The molecule has 0 amide bonds. The average molecular weight is 300 g/mol. The van der Waals surface area contributed by atoms with E-state index in [-0.39, 0.29) is 12.2 Å². The van der Waals surface area contributed by atoms with Gasteiger partial charge in [0, 0.05) is 6.42 Å². The van der Waals surface area contributed by atoms with Gasteiger partial charge >= 0.3 is 11.9 Å². The largest absolute Gasteiger partial charge is 0.469 e. The van der Waals surface area contributed by atoms with Crippen molar-refractivity contribution in [3.05, 3.63) is 0 Å². The predicted molar refractivity (Wildman–Crippen MR) is 79.8 cm³/mol. The van der Waals surface area contributed by atoms with E-state index in [0.29, 0.717) is 6.42 Å². The minimum atomic E-state index is -1.03. The molecule has 122 valence electrons. The molecule has 0 aromatic rings. The topological polar surface area (TPSA) is 69.7 Å². The molecule has 5 nitrogen and oxygen atoms in total. The quantitative estimate of drug-likeness (QED) is 0.315. The highest BCUT2D eigenvalue weighted by Crippen LogP contribution is 2.15. The fraction of sp³-hybridized carbons (Fsp3) is 0.812. The Morgan fingerprint density at radius 1 is 0.857 bits per heavy atom. The third-order valence-corrected chi connectivity index (χ3v) is 3.50. The molecule has 0 heterocycles. The van der Waals surface area contributed by atoms with Crippen LogP contribution in [-0.2, 0) is 23.9 Å². The highest BCUT2D eigenvalue weighted by Gasteiger charge is 2.29. The van der Waals surface area contributed by atoms with Crippen molar-refractivity contribution in [1.29, 1.82) is 0 Å². The lowest BCUT2D eigenvalue weighted by molar-refractivity contribution is -0.155. The molecule has 0 saturated heterocycles. The summed E-state index contributed by atoms with van der Waals surface area (Å²) in [5, 5.41) is 0. The second-order valence-electron chi connectivity index (χ2n) is 5.19. The lowest BCUT2D eigenvalue weighted by Crippen LogP contribution is -2.28. The van der Waals surface area contributed by atoms with E-state index in [2.05, 4.69) is 16.4 Å². The monoisotopic (exact) mass is 300 g/mol. The summed E-state index contributed by atoms with van der Waals surface area (Å²) in [6.45, 7) is 2.17. The van der Waals surface area contributed by atoms with Gasteiger partial charge in [-0.15, -0.1) is 0 Å². The predicted octanol–water partition coefficient (Wildman–Crippen LogP) is 3.05. The van der Waals surface area contributed by atoms with Gasteiger partial charge in [0.15, 0.2) is 0 Å². The van der Waals surface area contributed by atoms with Crippen molar-refractivity contribution < 1.29 is 23.9 Å². The van der Waals surface area contributed by atoms with Gasteiger partial charge < -0.3 is 9.47 Å². The van der Waals surface area contributed by atoms with Crippen LogP contribution >= 0.6 is 0 Å². The molecule has 0 aliphatic rings. The second kappa shape index (κ2) is 12.4. The lowest BCUT2D eigenvalue weighted by atomic mass is 9.95. The number of Topliss-reactive ketones (excluding diaryl/α,β-unsaturated/α-hetero) is 1. The SMILES string of the molecule is CCCCCCCCCC(=O)C(CC(=O)OC)C(=O)OC. The molecule has 0 saturated carbocycles. The minimum absolute atomic E-state index is 0.235. The molecule has 0 aromatic heterocycles. The van der Waals surface area contributed by atoms with E-state index in [9.17, 15) is 14.4 Å². The normalized spacial score (nSPS) is 11.8. The number of ketones is 1. The Morgan fingerprint density at radius 3 is 1.95 bits per heavy atom. The Bertz CT molecular complexity index is 325. The summed E-state index contributed by atoms with van der Waals surface area (Å²) in [7, 11) is 2.45. The van der Waals surface area contributed by atoms with Gasteiger partial charge in [0.25, 0.3) is 0 Å². The molecule has 21 heavy (non-hydrogen) atoms. The molecular weight excluding hydrogens is 272 g/mol. The van der Waals surface area contributed by atoms with Crippen LogP contribution in [0.1, 0.15) is 64.7 Å². The molecule has 1 unspecified atom stereocenters. The first kappa shape index (κ1) is 19.6. The van der Waals surface area contributed by atoms with Crippen LogP contribution in [0.2, 0.25) is 0 Å². The zero-order valence-corrected chi connectivity index (χ0v) is 13.5. The number of carbonyl (C=O) groups excluding carboxylic acids is 3. The minimum Gasteiger partial charge on any atom is -0.469 e. The van der Waals surface area contributed by atoms with Crippen molar-refractivity contribution in [3.8, 4) is 0 Å². The summed E-state index contributed by atoms with van der Waals surface area (Å²) >= 11 is 0. The molecule has 0 aliphatic heterocycles. The van der Waals surface area contributed by atoms with Crippen LogP contribution in [0.3, 0.4) is 0 Å². The molecule has 0 N–H and O–H groups in total. The highest BCUT2D eigenvalue weighted by atomic mass is 16.5. The van der Waals surface area contributed by atoms with Crippen molar-refractivity contribution in [2.75, 3.05) is 14.2 Å². The van der Waals surface area contributed by atoms with Crippen LogP contribution in [0.15, 0.2) is 0 Å². The standard InChI is InChI=1S/C16H28O5/c1-4-5-6-7-8-9-10-11-14(17)13(16(19)21-3)12-15(18)20-2/h13H,4-12H2,1-3H3. The number of methoxy groups -OCH3 is 2. The molecule has 0 spiro atoms. The third-order valence-electron chi connectivity index (χ3n) is 3.50. The molecule has 0 bridgehead atoms. The molecule has 1 atom stereocenters. The van der Waals surface area contributed by atoms with Gasteiger partial charge in [-0.3, -0.25) is 14.4 Å². The number of hydrogen-bond donors (Lipinski definition) is 0. The Balaban J connectivity index is 4.05. The number of rotatable bonds is 12. The van der Waals surface area contributed by atoms with E-state index in [1.54, 1.807) is 0 Å². The molecule has 5 heteroatoms. The van der Waals surface area contributed by atoms with Crippen molar-refractivity contribution >= 4 is 17.7 Å². The maximum Gasteiger partial charge on any atom is 0.316 e. The first-order valence-corrected chi connectivity index (χ1v) is 7.74. The highest BCUT2D eigenvalue weighted by molar-refractivity contribution is 6.01. The molecular formula is C16H28O5. The van der Waals surface area contributed by atoms with Crippen molar-refractivity contribution in [2.45, 2.75) is 64.7 Å². The van der Waals surface area contributed by atoms with E-state index in [1.165, 1.54) is 39.9 Å². The van der Waals surface area contributed by atoms with Gasteiger partial charge in [0.2, 0.25) is 0 Å². The van der Waals surface area contributed by atoms with Crippen molar-refractivity contribution in [2.24, 2.45) is 5.92 Å². The lowest BCUT2D eigenvalue weighted by Gasteiger charge is -2.12. The molecule has 0 rings (SSSR count). The molecule has 0 aliphatic carbocycles. The van der Waals surface area contributed by atoms with E-state index < -0.39 is 17.9 Å². The van der Waals surface area contributed by atoms with E-state index in [0.717, 1.165) is 19.3 Å². The zero-order chi connectivity index (χ0) is 16.1. The third kappa shape index (κ3) is 9.21. The van der Waals surface area contributed by atoms with Crippen molar-refractivity contribution in [3.63, 3.8) is 0 Å². The number of unbranched alkanes of at least 4 members (excludes halogenated alkanes) is 6. The summed E-state index contributed by atoms with van der Waals surface area (Å²) < 4.78 is 9.09. The Hall–Kier alpha value is -1.39. The fourth-order valence-electron chi connectivity index (χ4n) is 2.15. The van der Waals surface area contributed by atoms with Crippen LogP contribution in [0, 0.1) is 5.92 Å². The molecule has 0 radical (unpaired) electrons. The van der Waals surface area contributed by atoms with Crippen molar-refractivity contribution in [1.82, 2.24) is 0 Å². The smallest absolute Gasteiger partial charge is 0.316 e. The molecule has 0 fully saturated rings. The molecule has 0 aromatic carbocycles. The van der Waals surface area contributed by atoms with Crippen LogP contribution in [0.4, 0.5) is 0 Å². The van der Waals surface area contributed by atoms with Crippen LogP contribution in [-0.4, -0.2) is 31.9 Å². The van der Waals surface area contributed by atoms with Crippen LogP contribution < -0.4 is 0 Å². The average Bonchev–Trinajstić information content (AvgIpc) is 2.50. The van der Waals surface area contributed by atoms with Gasteiger partial charge in [-0.2, -0.15) is 0 Å². The van der Waals surface area contributed by atoms with E-state index in [4.69, 9.17) is 0 Å². The number of esters is 2.